The Kier molecular flexibility index (Phi) is 4.64. The Hall–Kier alpha value is -3.03. The van der Waals surface area contributed by atoms with E-state index in [1.807, 2.05) is 44.2 Å². The Morgan fingerprint density at radius 1 is 1.33 bits per heavy atom. The second-order valence-corrected chi connectivity index (χ2v) is 5.47. The fraction of sp³-hybridized carbons (Fsp3) is 0.312. The lowest BCUT2D eigenvalue weighted by atomic mass is 10.2. The monoisotopic (exact) mass is 325 g/mol. The highest BCUT2D eigenvalue weighted by atomic mass is 16.2. The SMILES string of the molecule is CC[C@@H](NC(=O)Cn1cc(-c2ccccc2)nn1)c1n[nH]c(C)n1. The number of hydrogen-bond donors (Lipinski definition) is 2. The lowest BCUT2D eigenvalue weighted by Crippen LogP contribution is -2.32. The lowest BCUT2D eigenvalue weighted by Gasteiger charge is -2.13. The van der Waals surface area contributed by atoms with Crippen LogP contribution in [-0.4, -0.2) is 36.1 Å². The second-order valence-electron chi connectivity index (χ2n) is 5.47. The number of nitrogens with one attached hydrogen (secondary N) is 2. The first-order valence-corrected chi connectivity index (χ1v) is 7.79. The van der Waals surface area contributed by atoms with Gasteiger partial charge in [-0.1, -0.05) is 42.5 Å². The van der Waals surface area contributed by atoms with Crippen LogP contribution < -0.4 is 5.32 Å². The molecule has 0 unspecified atom stereocenters. The van der Waals surface area contributed by atoms with Crippen molar-refractivity contribution in [1.82, 2.24) is 35.5 Å². The molecule has 0 spiro atoms. The van der Waals surface area contributed by atoms with Crippen molar-refractivity contribution in [2.45, 2.75) is 32.9 Å². The van der Waals surface area contributed by atoms with Crippen LogP contribution in [0.2, 0.25) is 0 Å². The highest BCUT2D eigenvalue weighted by Crippen LogP contribution is 2.15. The van der Waals surface area contributed by atoms with Gasteiger partial charge in [0.25, 0.3) is 0 Å². The number of rotatable bonds is 6. The third-order valence-electron chi connectivity index (χ3n) is 3.58. The second kappa shape index (κ2) is 7.03. The zero-order valence-electron chi connectivity index (χ0n) is 13.6. The molecular weight excluding hydrogens is 306 g/mol. The van der Waals surface area contributed by atoms with Crippen LogP contribution in [0.15, 0.2) is 36.5 Å². The van der Waals surface area contributed by atoms with E-state index in [0.29, 0.717) is 12.2 Å². The molecule has 0 radical (unpaired) electrons. The van der Waals surface area contributed by atoms with Crippen molar-refractivity contribution >= 4 is 5.91 Å². The molecule has 1 amide bonds. The Bertz CT molecular complexity index is 809. The number of aromatic nitrogens is 6. The molecule has 1 atom stereocenters. The molecule has 0 bridgehead atoms. The van der Waals surface area contributed by atoms with E-state index in [1.165, 1.54) is 4.68 Å². The Morgan fingerprint density at radius 2 is 2.12 bits per heavy atom. The number of benzene rings is 1. The molecule has 0 saturated carbocycles. The molecule has 2 N–H and O–H groups in total. The number of amides is 1. The average Bonchev–Trinajstić information content (AvgIpc) is 3.22. The third kappa shape index (κ3) is 3.65. The number of H-pyrrole nitrogens is 1. The maximum absolute atomic E-state index is 12.2. The van der Waals surface area contributed by atoms with E-state index in [9.17, 15) is 4.79 Å². The van der Waals surface area contributed by atoms with Crippen LogP contribution in [-0.2, 0) is 11.3 Å². The van der Waals surface area contributed by atoms with Gasteiger partial charge in [-0.2, -0.15) is 5.10 Å². The van der Waals surface area contributed by atoms with Crippen molar-refractivity contribution in [3.8, 4) is 11.3 Å². The molecule has 0 fully saturated rings. The van der Waals surface area contributed by atoms with Crippen molar-refractivity contribution in [3.05, 3.63) is 48.2 Å². The molecule has 0 aliphatic carbocycles. The van der Waals surface area contributed by atoms with Crippen LogP contribution >= 0.6 is 0 Å². The highest BCUT2D eigenvalue weighted by molar-refractivity contribution is 5.76. The summed E-state index contributed by atoms with van der Waals surface area (Å²) in [5.41, 5.74) is 1.70. The van der Waals surface area contributed by atoms with E-state index in [0.717, 1.165) is 17.1 Å². The predicted octanol–water partition coefficient (Wildman–Crippen LogP) is 1.64. The van der Waals surface area contributed by atoms with E-state index < -0.39 is 0 Å². The van der Waals surface area contributed by atoms with Crippen molar-refractivity contribution in [3.63, 3.8) is 0 Å². The van der Waals surface area contributed by atoms with Crippen molar-refractivity contribution in [1.29, 1.82) is 0 Å². The van der Waals surface area contributed by atoms with Gasteiger partial charge in [0.2, 0.25) is 5.91 Å². The van der Waals surface area contributed by atoms with E-state index in [4.69, 9.17) is 0 Å². The van der Waals surface area contributed by atoms with Gasteiger partial charge < -0.3 is 5.32 Å². The number of nitrogens with zero attached hydrogens (tertiary/aromatic N) is 5. The minimum Gasteiger partial charge on any atom is -0.344 e. The Morgan fingerprint density at radius 3 is 2.79 bits per heavy atom. The molecular formula is C16H19N7O. The summed E-state index contributed by atoms with van der Waals surface area (Å²) in [5.74, 6) is 1.15. The molecule has 0 saturated heterocycles. The van der Waals surface area contributed by atoms with Crippen LogP contribution in [0.25, 0.3) is 11.3 Å². The number of hydrogen-bond acceptors (Lipinski definition) is 5. The van der Waals surface area contributed by atoms with Gasteiger partial charge in [-0.25, -0.2) is 9.67 Å². The van der Waals surface area contributed by atoms with Crippen molar-refractivity contribution < 1.29 is 4.79 Å². The number of carbonyl (C=O) groups is 1. The number of aryl methyl sites for hydroxylation is 1. The molecule has 2 heterocycles. The molecule has 3 aromatic rings. The minimum absolute atomic E-state index is 0.0970. The van der Waals surface area contributed by atoms with Crippen LogP contribution in [0, 0.1) is 6.92 Å². The molecule has 2 aromatic heterocycles. The van der Waals surface area contributed by atoms with Gasteiger partial charge in [0.1, 0.15) is 18.1 Å². The summed E-state index contributed by atoms with van der Waals surface area (Å²) in [6.45, 7) is 3.89. The van der Waals surface area contributed by atoms with E-state index in [1.54, 1.807) is 6.20 Å². The van der Waals surface area contributed by atoms with Crippen LogP contribution in [0.3, 0.4) is 0 Å². The quantitative estimate of drug-likeness (QED) is 0.717. The van der Waals surface area contributed by atoms with Crippen LogP contribution in [0.5, 0.6) is 0 Å². The normalized spacial score (nSPS) is 12.1. The first-order chi connectivity index (χ1) is 11.7. The van der Waals surface area contributed by atoms with Gasteiger partial charge in [-0.3, -0.25) is 9.89 Å². The summed E-state index contributed by atoms with van der Waals surface area (Å²) in [4.78, 5) is 16.5. The van der Waals surface area contributed by atoms with E-state index in [-0.39, 0.29) is 18.5 Å². The maximum atomic E-state index is 12.2. The highest BCUT2D eigenvalue weighted by Gasteiger charge is 2.17. The zero-order valence-corrected chi connectivity index (χ0v) is 13.6. The van der Waals surface area contributed by atoms with E-state index >= 15 is 0 Å². The summed E-state index contributed by atoms with van der Waals surface area (Å²) >= 11 is 0. The van der Waals surface area contributed by atoms with Crippen molar-refractivity contribution in [2.75, 3.05) is 0 Å². The molecule has 1 aromatic carbocycles. The maximum Gasteiger partial charge on any atom is 0.242 e. The van der Waals surface area contributed by atoms with Gasteiger partial charge in [0.05, 0.1) is 12.2 Å². The number of aromatic amines is 1. The first-order valence-electron chi connectivity index (χ1n) is 7.79. The standard InChI is InChI=1S/C16H19N7O/c1-3-13(16-17-11(2)19-21-16)18-15(24)10-23-9-14(20-22-23)12-7-5-4-6-8-12/h4-9,13H,3,10H2,1-2H3,(H,18,24)(H,17,19,21)/t13-/m1/s1. The molecule has 24 heavy (non-hydrogen) atoms. The van der Waals surface area contributed by atoms with Gasteiger partial charge in [-0.15, -0.1) is 5.10 Å². The summed E-state index contributed by atoms with van der Waals surface area (Å²) in [6.07, 6.45) is 2.46. The average molecular weight is 325 g/mol. The minimum atomic E-state index is -0.223. The van der Waals surface area contributed by atoms with Gasteiger partial charge in [0, 0.05) is 5.56 Å². The van der Waals surface area contributed by atoms with Gasteiger partial charge in [0.15, 0.2) is 5.82 Å². The fourth-order valence-electron chi connectivity index (χ4n) is 2.37. The molecule has 3 rings (SSSR count). The van der Waals surface area contributed by atoms with Gasteiger partial charge in [-0.05, 0) is 13.3 Å². The molecule has 124 valence electrons. The van der Waals surface area contributed by atoms with Crippen molar-refractivity contribution in [2.24, 2.45) is 0 Å². The first kappa shape index (κ1) is 15.9. The summed E-state index contributed by atoms with van der Waals surface area (Å²) < 4.78 is 1.52. The Labute approximate surface area is 139 Å². The summed E-state index contributed by atoms with van der Waals surface area (Å²) in [7, 11) is 0. The topological polar surface area (TPSA) is 101 Å². The third-order valence-corrected chi connectivity index (χ3v) is 3.58. The largest absolute Gasteiger partial charge is 0.344 e. The molecule has 8 heteroatoms. The summed E-state index contributed by atoms with van der Waals surface area (Å²) in [6, 6.07) is 9.49. The predicted molar refractivity (Wildman–Crippen MR) is 87.8 cm³/mol. The molecule has 0 aliphatic rings. The molecule has 8 nitrogen and oxygen atoms in total. The Balaban J connectivity index is 1.63. The lowest BCUT2D eigenvalue weighted by molar-refractivity contribution is -0.122. The molecule has 0 aliphatic heterocycles. The van der Waals surface area contributed by atoms with E-state index in [2.05, 4.69) is 30.8 Å². The number of carbonyl (C=O) groups excluding carboxylic acids is 1. The smallest absolute Gasteiger partial charge is 0.242 e. The van der Waals surface area contributed by atoms with Gasteiger partial charge >= 0.3 is 0 Å². The van der Waals surface area contributed by atoms with Crippen LogP contribution in [0.1, 0.15) is 31.0 Å². The summed E-state index contributed by atoms with van der Waals surface area (Å²) in [5, 5.41) is 17.9. The fourth-order valence-corrected chi connectivity index (χ4v) is 2.37. The van der Waals surface area contributed by atoms with Crippen LogP contribution in [0.4, 0.5) is 0 Å². The zero-order chi connectivity index (χ0) is 16.9.